The minimum absolute atomic E-state index is 0.0555. The fourth-order valence-electron chi connectivity index (χ4n) is 3.02. The first-order valence-electron chi connectivity index (χ1n) is 9.54. The van der Waals surface area contributed by atoms with Gasteiger partial charge < -0.3 is 9.26 Å². The molecule has 0 amide bonds. The molecule has 0 aliphatic rings. The lowest BCUT2D eigenvalue weighted by Crippen LogP contribution is -2.25. The molecule has 1 unspecified atom stereocenters. The minimum Gasteiger partial charge on any atom is -0.454 e. The number of hydrogen-bond donors (Lipinski definition) is 0. The Morgan fingerprint density at radius 2 is 1.72 bits per heavy atom. The predicted molar refractivity (Wildman–Crippen MR) is 109 cm³/mol. The van der Waals surface area contributed by atoms with Crippen LogP contribution in [0, 0.1) is 20.8 Å². The van der Waals surface area contributed by atoms with Crippen molar-refractivity contribution in [3.05, 3.63) is 70.6 Å². The van der Waals surface area contributed by atoms with Gasteiger partial charge in [0.25, 0.3) is 0 Å². The first kappa shape index (κ1) is 20.5. The van der Waals surface area contributed by atoms with Crippen LogP contribution < -0.4 is 0 Å². The molecule has 1 heterocycles. The van der Waals surface area contributed by atoms with E-state index in [1.807, 2.05) is 63.2 Å². The molecule has 0 saturated heterocycles. The number of Topliss-reactive ketones (excluding diaryl/α,β-unsaturated/α-hetero) is 1. The summed E-state index contributed by atoms with van der Waals surface area (Å²) >= 11 is 0. The molecular formula is C23H24N2O4. The van der Waals surface area contributed by atoms with Gasteiger partial charge in [-0.15, -0.1) is 0 Å². The van der Waals surface area contributed by atoms with Crippen LogP contribution in [-0.2, 0) is 16.0 Å². The Morgan fingerprint density at radius 1 is 1.03 bits per heavy atom. The quantitative estimate of drug-likeness (QED) is 0.438. The summed E-state index contributed by atoms with van der Waals surface area (Å²) in [5, 5.41) is 3.93. The lowest BCUT2D eigenvalue weighted by molar-refractivity contribution is -0.146. The fraction of sp³-hybridized carbons (Fsp3) is 0.304. The highest BCUT2D eigenvalue weighted by atomic mass is 16.5. The second-order valence-electron chi connectivity index (χ2n) is 7.13. The molecule has 2 aromatic carbocycles. The summed E-state index contributed by atoms with van der Waals surface area (Å²) in [6.45, 7) is 7.43. The minimum atomic E-state index is -0.856. The number of carbonyl (C=O) groups is 2. The van der Waals surface area contributed by atoms with Crippen molar-refractivity contribution < 1.29 is 18.8 Å². The van der Waals surface area contributed by atoms with Crippen LogP contribution >= 0.6 is 0 Å². The zero-order valence-corrected chi connectivity index (χ0v) is 17.1. The number of aryl methyl sites for hydroxylation is 4. The number of nitrogens with zero attached hydrogens (tertiary/aromatic N) is 2. The van der Waals surface area contributed by atoms with Gasteiger partial charge in [-0.3, -0.25) is 9.59 Å². The Labute approximate surface area is 169 Å². The van der Waals surface area contributed by atoms with Crippen LogP contribution in [0.15, 0.2) is 47.0 Å². The van der Waals surface area contributed by atoms with Crippen LogP contribution in [0.5, 0.6) is 0 Å². The van der Waals surface area contributed by atoms with Crippen molar-refractivity contribution in [3.63, 3.8) is 0 Å². The molecule has 0 bridgehead atoms. The Bertz CT molecular complexity index is 1020. The molecule has 150 valence electrons. The summed E-state index contributed by atoms with van der Waals surface area (Å²) in [6.07, 6.45) is -0.548. The molecule has 0 spiro atoms. The molecule has 0 fully saturated rings. The van der Waals surface area contributed by atoms with Gasteiger partial charge in [0, 0.05) is 17.5 Å². The number of ether oxygens (including phenoxy) is 1. The summed E-state index contributed by atoms with van der Waals surface area (Å²) in [7, 11) is 0. The van der Waals surface area contributed by atoms with E-state index in [-0.39, 0.29) is 18.6 Å². The standard InChI is InChI=1S/C23H24N2O4/c1-14-12-16(3)19(13-15(14)2)22(27)17(4)28-21(26)11-10-20-24-23(25-29-20)18-8-6-5-7-9-18/h5-9,12-13,17H,10-11H2,1-4H3. The number of aromatic nitrogens is 2. The van der Waals surface area contributed by atoms with E-state index in [0.717, 1.165) is 22.3 Å². The number of benzene rings is 2. The average molecular weight is 392 g/mol. The predicted octanol–water partition coefficient (Wildman–Crippen LogP) is 4.41. The molecule has 0 aliphatic heterocycles. The van der Waals surface area contributed by atoms with Gasteiger partial charge in [-0.25, -0.2) is 0 Å². The zero-order chi connectivity index (χ0) is 21.0. The van der Waals surface area contributed by atoms with Crippen molar-refractivity contribution in [1.82, 2.24) is 10.1 Å². The van der Waals surface area contributed by atoms with Gasteiger partial charge in [-0.2, -0.15) is 4.98 Å². The Hall–Kier alpha value is -3.28. The van der Waals surface area contributed by atoms with Gasteiger partial charge in [0.05, 0.1) is 6.42 Å². The van der Waals surface area contributed by atoms with Crippen LogP contribution in [0.2, 0.25) is 0 Å². The summed E-state index contributed by atoms with van der Waals surface area (Å²) < 4.78 is 10.5. The molecule has 0 N–H and O–H groups in total. The van der Waals surface area contributed by atoms with Gasteiger partial charge in [-0.1, -0.05) is 41.6 Å². The number of esters is 1. The maximum atomic E-state index is 12.7. The summed E-state index contributed by atoms with van der Waals surface area (Å²) in [5.41, 5.74) is 4.45. The molecule has 1 aromatic heterocycles. The van der Waals surface area contributed by atoms with E-state index >= 15 is 0 Å². The third-order valence-electron chi connectivity index (χ3n) is 4.83. The third kappa shape index (κ3) is 4.96. The number of ketones is 1. The molecule has 0 radical (unpaired) electrons. The van der Waals surface area contributed by atoms with E-state index in [2.05, 4.69) is 10.1 Å². The van der Waals surface area contributed by atoms with E-state index in [4.69, 9.17) is 9.26 Å². The topological polar surface area (TPSA) is 82.3 Å². The Morgan fingerprint density at radius 3 is 2.45 bits per heavy atom. The molecule has 29 heavy (non-hydrogen) atoms. The summed E-state index contributed by atoms with van der Waals surface area (Å²) in [6, 6.07) is 13.3. The van der Waals surface area contributed by atoms with Gasteiger partial charge in [0.15, 0.2) is 6.10 Å². The van der Waals surface area contributed by atoms with Crippen molar-refractivity contribution in [1.29, 1.82) is 0 Å². The number of hydrogen-bond acceptors (Lipinski definition) is 6. The molecule has 6 nitrogen and oxygen atoms in total. The molecule has 0 aliphatic carbocycles. The van der Waals surface area contributed by atoms with Crippen LogP contribution in [0.4, 0.5) is 0 Å². The highest BCUT2D eigenvalue weighted by Crippen LogP contribution is 2.19. The highest BCUT2D eigenvalue weighted by molar-refractivity contribution is 6.01. The Balaban J connectivity index is 1.56. The van der Waals surface area contributed by atoms with E-state index in [1.54, 1.807) is 6.92 Å². The monoisotopic (exact) mass is 392 g/mol. The van der Waals surface area contributed by atoms with Gasteiger partial charge in [-0.05, 0) is 50.5 Å². The van der Waals surface area contributed by atoms with E-state index < -0.39 is 12.1 Å². The normalized spacial score (nSPS) is 11.9. The number of carbonyl (C=O) groups excluding carboxylic acids is 2. The third-order valence-corrected chi connectivity index (χ3v) is 4.83. The molecule has 0 saturated carbocycles. The first-order valence-corrected chi connectivity index (χ1v) is 9.54. The van der Waals surface area contributed by atoms with Crippen molar-refractivity contribution in [2.45, 2.75) is 46.6 Å². The van der Waals surface area contributed by atoms with E-state index in [1.165, 1.54) is 0 Å². The molecule has 3 rings (SSSR count). The second kappa shape index (κ2) is 8.82. The van der Waals surface area contributed by atoms with Crippen LogP contribution in [0.25, 0.3) is 11.4 Å². The van der Waals surface area contributed by atoms with Crippen molar-refractivity contribution in [2.75, 3.05) is 0 Å². The van der Waals surface area contributed by atoms with Crippen molar-refractivity contribution >= 4 is 11.8 Å². The van der Waals surface area contributed by atoms with Gasteiger partial charge in [0.1, 0.15) is 0 Å². The van der Waals surface area contributed by atoms with Crippen LogP contribution in [0.3, 0.4) is 0 Å². The molecular weight excluding hydrogens is 368 g/mol. The lowest BCUT2D eigenvalue weighted by atomic mass is 9.96. The summed E-state index contributed by atoms with van der Waals surface area (Å²) in [4.78, 5) is 29.2. The smallest absolute Gasteiger partial charge is 0.307 e. The highest BCUT2D eigenvalue weighted by Gasteiger charge is 2.22. The largest absolute Gasteiger partial charge is 0.454 e. The maximum absolute atomic E-state index is 12.7. The van der Waals surface area contributed by atoms with Gasteiger partial charge >= 0.3 is 5.97 Å². The molecule has 3 aromatic rings. The Kier molecular flexibility index (Phi) is 6.22. The average Bonchev–Trinajstić information content (AvgIpc) is 3.18. The second-order valence-corrected chi connectivity index (χ2v) is 7.13. The first-order chi connectivity index (χ1) is 13.8. The van der Waals surface area contributed by atoms with E-state index in [0.29, 0.717) is 17.3 Å². The SMILES string of the molecule is Cc1cc(C)c(C(=O)C(C)OC(=O)CCc2nc(-c3ccccc3)no2)cc1C. The fourth-order valence-corrected chi connectivity index (χ4v) is 3.02. The maximum Gasteiger partial charge on any atom is 0.307 e. The van der Waals surface area contributed by atoms with Crippen molar-refractivity contribution in [2.24, 2.45) is 0 Å². The van der Waals surface area contributed by atoms with Gasteiger partial charge in [0.2, 0.25) is 17.5 Å². The molecule has 1 atom stereocenters. The van der Waals surface area contributed by atoms with Crippen LogP contribution in [0.1, 0.15) is 46.3 Å². The summed E-state index contributed by atoms with van der Waals surface area (Å²) in [5.74, 6) is 0.141. The van der Waals surface area contributed by atoms with Crippen LogP contribution in [-0.4, -0.2) is 28.0 Å². The lowest BCUT2D eigenvalue weighted by Gasteiger charge is -2.15. The van der Waals surface area contributed by atoms with Crippen molar-refractivity contribution in [3.8, 4) is 11.4 Å². The number of rotatable bonds is 7. The molecule has 6 heteroatoms. The van der Waals surface area contributed by atoms with E-state index in [9.17, 15) is 9.59 Å². The zero-order valence-electron chi connectivity index (χ0n) is 17.1.